The first kappa shape index (κ1) is 21.6. The van der Waals surface area contributed by atoms with E-state index < -0.39 is 6.30 Å². The highest BCUT2D eigenvalue weighted by atomic mass is 19.4. The quantitative estimate of drug-likeness (QED) is 0.415. The van der Waals surface area contributed by atoms with Gasteiger partial charge in [0.1, 0.15) is 12.1 Å². The number of methoxy groups -OCH3 is 1. The summed E-state index contributed by atoms with van der Waals surface area (Å²) in [7, 11) is 1.49. The number of aromatic nitrogens is 4. The van der Waals surface area contributed by atoms with Gasteiger partial charge in [-0.25, -0.2) is 9.97 Å². The number of nitrogens with zero attached hydrogens (tertiary/aromatic N) is 4. The van der Waals surface area contributed by atoms with Gasteiger partial charge in [-0.05, 0) is 31.2 Å². The highest BCUT2D eigenvalue weighted by molar-refractivity contribution is 6.03. The van der Waals surface area contributed by atoms with E-state index in [1.54, 1.807) is 42.5 Å². The van der Waals surface area contributed by atoms with Crippen molar-refractivity contribution in [2.45, 2.75) is 25.6 Å². The van der Waals surface area contributed by atoms with Crippen molar-refractivity contribution >= 4 is 22.5 Å². The van der Waals surface area contributed by atoms with Crippen molar-refractivity contribution in [2.24, 2.45) is 11.3 Å². The fourth-order valence-electron chi connectivity index (χ4n) is 5.16. The summed E-state index contributed by atoms with van der Waals surface area (Å²) in [4.78, 5) is 21.5. The molecule has 3 saturated carbocycles. The van der Waals surface area contributed by atoms with E-state index in [2.05, 4.69) is 20.4 Å². The lowest BCUT2D eigenvalue weighted by molar-refractivity contribution is -0.210. The molecule has 3 aliphatic carbocycles. The molecule has 7 nitrogen and oxygen atoms in total. The molecule has 0 radical (unpaired) electrons. The topological polar surface area (TPSA) is 81.9 Å². The Kier molecular flexibility index (Phi) is 4.64. The number of anilines is 1. The molecule has 1 amide bonds. The minimum atomic E-state index is -4.72. The Hall–Kier alpha value is -3.95. The van der Waals surface area contributed by atoms with E-state index in [1.807, 2.05) is 0 Å². The molecule has 2 aromatic carbocycles. The molecule has 2 aromatic heterocycles. The molecule has 3 fully saturated rings. The van der Waals surface area contributed by atoms with Crippen LogP contribution in [-0.4, -0.2) is 32.8 Å². The third-order valence-corrected chi connectivity index (χ3v) is 7.04. The van der Waals surface area contributed by atoms with Crippen LogP contribution in [0.4, 0.5) is 18.9 Å². The van der Waals surface area contributed by atoms with Crippen LogP contribution < -0.4 is 10.1 Å². The number of halogens is 3. The van der Waals surface area contributed by atoms with Gasteiger partial charge in [0, 0.05) is 22.6 Å². The smallest absolute Gasteiger partial charge is 0.494 e. The molecule has 0 saturated heterocycles. The first-order valence-corrected chi connectivity index (χ1v) is 11.1. The zero-order chi connectivity index (χ0) is 24.4. The van der Waals surface area contributed by atoms with Gasteiger partial charge in [0.15, 0.2) is 0 Å². The molecule has 1 N–H and O–H groups in total. The summed E-state index contributed by atoms with van der Waals surface area (Å²) >= 11 is 0. The molecule has 2 bridgehead atoms. The van der Waals surface area contributed by atoms with Crippen LogP contribution in [0, 0.1) is 11.3 Å². The van der Waals surface area contributed by atoms with Gasteiger partial charge in [0.2, 0.25) is 5.91 Å². The van der Waals surface area contributed by atoms with Crippen molar-refractivity contribution in [3.63, 3.8) is 0 Å². The highest BCUT2D eigenvalue weighted by Crippen LogP contribution is 2.64. The summed E-state index contributed by atoms with van der Waals surface area (Å²) in [5.41, 5.74) is 1.26. The van der Waals surface area contributed by atoms with Gasteiger partial charge < -0.3 is 10.1 Å². The molecular weight excluding hydrogens is 459 g/mol. The predicted molar refractivity (Wildman–Crippen MR) is 122 cm³/mol. The molecule has 0 spiro atoms. The third kappa shape index (κ3) is 3.35. The van der Waals surface area contributed by atoms with Gasteiger partial charge in [-0.2, -0.15) is 9.78 Å². The molecule has 10 heteroatoms. The Morgan fingerprint density at radius 3 is 2.51 bits per heavy atom. The Labute approximate surface area is 198 Å². The number of ether oxygens (including phenoxy) is 1. The van der Waals surface area contributed by atoms with Crippen molar-refractivity contribution < 1.29 is 22.7 Å². The summed E-state index contributed by atoms with van der Waals surface area (Å²) in [6, 6.07) is 11.5. The molecule has 35 heavy (non-hydrogen) atoms. The number of hydrogen-bond acceptors (Lipinski definition) is 5. The third-order valence-electron chi connectivity index (χ3n) is 7.04. The molecule has 0 aliphatic heterocycles. The number of rotatable bonds is 5. The lowest BCUT2D eigenvalue weighted by Crippen LogP contribution is -2.58. The largest absolute Gasteiger partial charge is 0.505 e. The van der Waals surface area contributed by atoms with Crippen LogP contribution >= 0.6 is 0 Å². The van der Waals surface area contributed by atoms with Crippen LogP contribution in [0.2, 0.25) is 0 Å². The van der Waals surface area contributed by atoms with Gasteiger partial charge >= 0.3 is 6.30 Å². The first-order valence-electron chi connectivity index (χ1n) is 11.1. The molecule has 178 valence electrons. The van der Waals surface area contributed by atoms with E-state index in [0.717, 1.165) is 25.5 Å². The van der Waals surface area contributed by atoms with E-state index in [9.17, 15) is 18.0 Å². The second-order valence-electron chi connectivity index (χ2n) is 9.16. The molecule has 2 heterocycles. The number of alkyl halides is 3. The number of carbonyl (C=O) groups is 1. The zero-order valence-corrected chi connectivity index (χ0v) is 18.6. The summed E-state index contributed by atoms with van der Waals surface area (Å²) in [5.74, 6) is 0.989. The van der Waals surface area contributed by atoms with Gasteiger partial charge in [0.25, 0.3) is 0 Å². The van der Waals surface area contributed by atoms with Crippen LogP contribution in [0.25, 0.3) is 33.4 Å². The Bertz CT molecular complexity index is 1450. The normalized spacial score (nSPS) is 20.7. The Morgan fingerprint density at radius 1 is 1.14 bits per heavy atom. The number of benzene rings is 2. The number of nitrogens with one attached hydrogen (secondary N) is 1. The average Bonchev–Trinajstić information content (AvgIpc) is 3.22. The fourth-order valence-corrected chi connectivity index (χ4v) is 5.16. The van der Waals surface area contributed by atoms with Crippen molar-refractivity contribution in [3.8, 4) is 28.3 Å². The average molecular weight is 479 g/mol. The second-order valence-corrected chi connectivity index (χ2v) is 9.16. The van der Waals surface area contributed by atoms with Crippen LogP contribution in [0.5, 0.6) is 5.75 Å². The maximum Gasteiger partial charge on any atom is 0.505 e. The number of amides is 1. The minimum Gasteiger partial charge on any atom is -0.494 e. The van der Waals surface area contributed by atoms with Crippen LogP contribution in [0.15, 0.2) is 55.0 Å². The van der Waals surface area contributed by atoms with Crippen molar-refractivity contribution in [3.05, 3.63) is 55.0 Å². The van der Waals surface area contributed by atoms with Crippen LogP contribution in [0.3, 0.4) is 0 Å². The number of fused-ring (bicyclic) bond motifs is 1. The van der Waals surface area contributed by atoms with Crippen LogP contribution in [-0.2, 0) is 11.1 Å². The van der Waals surface area contributed by atoms with Gasteiger partial charge in [-0.3, -0.25) is 4.79 Å². The molecule has 0 atom stereocenters. The van der Waals surface area contributed by atoms with Crippen molar-refractivity contribution in [1.29, 1.82) is 0 Å². The van der Waals surface area contributed by atoms with Crippen molar-refractivity contribution in [1.82, 2.24) is 19.7 Å². The predicted octanol–water partition coefficient (Wildman–Crippen LogP) is 5.38. The van der Waals surface area contributed by atoms with Crippen molar-refractivity contribution in [2.75, 3.05) is 12.4 Å². The monoisotopic (exact) mass is 479 g/mol. The molecular formula is C25H20F3N5O2. The lowest BCUT2D eigenvalue weighted by Gasteiger charge is -2.60. The molecule has 0 unspecified atom stereocenters. The van der Waals surface area contributed by atoms with E-state index in [1.165, 1.54) is 13.4 Å². The minimum absolute atomic E-state index is 0.0422. The summed E-state index contributed by atoms with van der Waals surface area (Å²) in [5, 5.41) is 7.09. The van der Waals surface area contributed by atoms with Gasteiger partial charge in [0.05, 0.1) is 41.3 Å². The van der Waals surface area contributed by atoms with E-state index in [4.69, 9.17) is 4.74 Å². The lowest BCUT2D eigenvalue weighted by atomic mass is 9.44. The number of carbonyl (C=O) groups excluding carboxylic acids is 1. The maximum absolute atomic E-state index is 13.8. The van der Waals surface area contributed by atoms with Crippen LogP contribution in [0.1, 0.15) is 19.3 Å². The summed E-state index contributed by atoms with van der Waals surface area (Å²) < 4.78 is 47.0. The maximum atomic E-state index is 13.8. The van der Waals surface area contributed by atoms with E-state index in [0.29, 0.717) is 33.8 Å². The van der Waals surface area contributed by atoms with Gasteiger partial charge in [-0.15, -0.1) is 13.2 Å². The second kappa shape index (κ2) is 7.53. The summed E-state index contributed by atoms with van der Waals surface area (Å²) in [6.45, 7) is 0. The highest BCUT2D eigenvalue weighted by Gasteiger charge is 2.61. The Balaban J connectivity index is 1.51. The van der Waals surface area contributed by atoms with E-state index in [-0.39, 0.29) is 33.0 Å². The number of hydrogen-bond donors (Lipinski definition) is 1. The molecule has 3 aliphatic rings. The molecule has 7 rings (SSSR count). The summed E-state index contributed by atoms with van der Waals surface area (Å²) in [6.07, 6.45) is 0.386. The SMILES string of the molecule is COc1cc2ncnc(-c3cnn(C(F)(F)F)c3-c3ccccc3)c2cc1NC(=O)C12CC(C1)C2. The first-order chi connectivity index (χ1) is 16.8. The zero-order valence-electron chi connectivity index (χ0n) is 18.6. The fraction of sp³-hybridized carbons (Fsp3) is 0.280. The van der Waals surface area contributed by atoms with E-state index >= 15 is 0 Å². The Morgan fingerprint density at radius 2 is 1.89 bits per heavy atom. The molecule has 4 aromatic rings. The van der Waals surface area contributed by atoms with Gasteiger partial charge in [-0.1, -0.05) is 30.3 Å². The standard InChI is InChI=1S/C25H20F3N5O2/c1-35-20-8-18-16(7-19(20)32-23(34)24-9-14(10-24)11-24)21(30-13-29-18)17-12-31-33(25(26,27)28)22(17)15-5-3-2-4-6-15/h2-8,12-14H,9-11H2,1H3,(H,32,34).